The fourth-order valence-corrected chi connectivity index (χ4v) is 5.44. The number of fused-ring (bicyclic) bond motifs is 2. The van der Waals surface area contributed by atoms with Crippen LogP contribution in [0.15, 0.2) is 48.6 Å². The number of rotatable bonds is 2. The minimum absolute atomic E-state index is 0. The van der Waals surface area contributed by atoms with Crippen LogP contribution < -0.4 is 5.32 Å². The Morgan fingerprint density at radius 2 is 1.90 bits per heavy atom. The molecule has 1 amide bonds. The summed E-state index contributed by atoms with van der Waals surface area (Å²) in [5.41, 5.74) is 5.36. The molecule has 0 aromatic carbocycles. The van der Waals surface area contributed by atoms with Crippen molar-refractivity contribution in [2.24, 2.45) is 0 Å². The molecule has 6 nitrogen and oxygen atoms in total. The molecule has 0 bridgehead atoms. The lowest BCUT2D eigenvalue weighted by Gasteiger charge is -2.37. The molecule has 7 heteroatoms. The molecule has 1 fully saturated rings. The molecule has 1 saturated heterocycles. The van der Waals surface area contributed by atoms with Gasteiger partial charge in [-0.25, -0.2) is 4.98 Å². The summed E-state index contributed by atoms with van der Waals surface area (Å²) in [5, 5.41) is 4.49. The van der Waals surface area contributed by atoms with Crippen molar-refractivity contribution in [2.45, 2.75) is 40.9 Å². The average Bonchev–Trinajstić information content (AvgIpc) is 3.16. The summed E-state index contributed by atoms with van der Waals surface area (Å²) in [6, 6.07) is 2.15. The largest absolute Gasteiger partial charge is 0.368 e. The number of carbonyl (C=O) groups excluding carboxylic acids is 1. The van der Waals surface area contributed by atoms with Crippen LogP contribution in [-0.4, -0.2) is 57.1 Å². The highest BCUT2D eigenvalue weighted by molar-refractivity contribution is 7.51. The fourth-order valence-electron chi connectivity index (χ4n) is 4.08. The number of carbonyl (C=O) groups is 1. The predicted molar refractivity (Wildman–Crippen MR) is 131 cm³/mol. The first kappa shape index (κ1) is 23.2. The molecular formula is C24H34N5OP. The zero-order valence-electron chi connectivity index (χ0n) is 18.1. The fraction of sp³-hybridized carbons (Fsp3) is 0.417. The summed E-state index contributed by atoms with van der Waals surface area (Å²) < 4.78 is 2.07. The van der Waals surface area contributed by atoms with E-state index in [2.05, 4.69) is 50.9 Å². The molecule has 166 valence electrons. The zero-order chi connectivity index (χ0) is 21.3. The number of piperazine rings is 1. The summed E-state index contributed by atoms with van der Waals surface area (Å²) in [5.74, 6) is 0.176. The summed E-state index contributed by atoms with van der Waals surface area (Å²) in [4.78, 5) is 21.7. The highest BCUT2D eigenvalue weighted by atomic mass is 31.1. The minimum atomic E-state index is 0. The van der Waals surface area contributed by atoms with Crippen LogP contribution in [0.1, 0.15) is 38.1 Å². The molecule has 0 aliphatic carbocycles. The van der Waals surface area contributed by atoms with Gasteiger partial charge in [0.25, 0.3) is 5.91 Å². The number of nitrogens with zero attached hydrogens (tertiary/aromatic N) is 4. The van der Waals surface area contributed by atoms with Gasteiger partial charge in [-0.2, -0.15) is 0 Å². The molecule has 5 heterocycles. The van der Waals surface area contributed by atoms with Gasteiger partial charge in [-0.3, -0.25) is 4.79 Å². The molecule has 2 aromatic heterocycles. The predicted octanol–water partition coefficient (Wildman–Crippen LogP) is 4.12. The number of hydrogen-bond acceptors (Lipinski definition) is 4. The number of aromatic nitrogens is 2. The van der Waals surface area contributed by atoms with E-state index in [4.69, 9.17) is 0 Å². The lowest BCUT2D eigenvalue weighted by molar-refractivity contribution is -0.123. The van der Waals surface area contributed by atoms with Crippen LogP contribution in [0.2, 0.25) is 0 Å². The molecule has 3 aliphatic rings. The first-order chi connectivity index (χ1) is 14.6. The van der Waals surface area contributed by atoms with E-state index < -0.39 is 0 Å². The number of pyridine rings is 1. The van der Waals surface area contributed by atoms with Gasteiger partial charge >= 0.3 is 0 Å². The van der Waals surface area contributed by atoms with Gasteiger partial charge in [0, 0.05) is 50.8 Å². The van der Waals surface area contributed by atoms with Crippen LogP contribution in [0.4, 0.5) is 0 Å². The number of nitrogens with one attached hydrogen (secondary N) is 1. The molecule has 5 rings (SSSR count). The molecule has 2 aromatic rings. The van der Waals surface area contributed by atoms with Crippen LogP contribution in [0.25, 0.3) is 11.0 Å². The molecule has 0 spiro atoms. The first-order valence-electron chi connectivity index (χ1n) is 10.7. The first-order valence-corrected chi connectivity index (χ1v) is 11.8. The number of amides is 1. The van der Waals surface area contributed by atoms with E-state index in [0.717, 1.165) is 59.7 Å². The maximum absolute atomic E-state index is 12.9. The lowest BCUT2D eigenvalue weighted by Crippen LogP contribution is -2.44. The van der Waals surface area contributed by atoms with Crippen molar-refractivity contribution >= 4 is 25.4 Å². The molecule has 3 aliphatic heterocycles. The maximum Gasteiger partial charge on any atom is 0.252 e. The Morgan fingerprint density at radius 3 is 2.65 bits per heavy atom. The molecular weight excluding hydrogens is 405 g/mol. The van der Waals surface area contributed by atoms with Crippen molar-refractivity contribution in [1.29, 1.82) is 0 Å². The molecule has 2 atom stereocenters. The Kier molecular flexibility index (Phi) is 7.34. The van der Waals surface area contributed by atoms with Crippen molar-refractivity contribution in [3.63, 3.8) is 0 Å². The second-order valence-electron chi connectivity index (χ2n) is 7.57. The summed E-state index contributed by atoms with van der Waals surface area (Å²) in [6.45, 7) is 12.0. The van der Waals surface area contributed by atoms with Crippen LogP contribution in [0, 0.1) is 13.8 Å². The Balaban J connectivity index is 0.000000883. The van der Waals surface area contributed by atoms with E-state index >= 15 is 0 Å². The van der Waals surface area contributed by atoms with Crippen molar-refractivity contribution in [3.8, 4) is 0 Å². The smallest absolute Gasteiger partial charge is 0.252 e. The standard InChI is InChI=1S/C21H24N5OP.C2H6.CH4/c1-14-9-16(12-25-11-15(2)23-21(14)25)18-10-19(27)26-13-17(3-4-20(26)28-18)24-7-5-22-6-8-24;1-2;/h3-4,9-13,20,22,28H,5-8H2,1-2H3;1-2H3;1H4. The Labute approximate surface area is 187 Å². The van der Waals surface area contributed by atoms with E-state index in [0.29, 0.717) is 8.58 Å². The summed E-state index contributed by atoms with van der Waals surface area (Å²) >= 11 is 0. The third-order valence-electron chi connectivity index (χ3n) is 5.49. The van der Waals surface area contributed by atoms with Gasteiger partial charge in [-0.1, -0.05) is 35.9 Å². The SMILES string of the molecule is C.CC.Cc1cn2cc(C3=CC(=O)N4C=C(N5CCNCC5)C=CC4P3)cc(C)c2n1. The van der Waals surface area contributed by atoms with Crippen LogP contribution in [-0.2, 0) is 4.79 Å². The van der Waals surface area contributed by atoms with E-state index in [9.17, 15) is 4.79 Å². The van der Waals surface area contributed by atoms with Crippen LogP contribution >= 0.6 is 8.58 Å². The highest BCUT2D eigenvalue weighted by Crippen LogP contribution is 2.44. The topological polar surface area (TPSA) is 52.9 Å². The second kappa shape index (κ2) is 9.80. The Morgan fingerprint density at radius 1 is 1.16 bits per heavy atom. The average molecular weight is 440 g/mol. The third-order valence-corrected chi connectivity index (χ3v) is 7.01. The number of aryl methyl sites for hydroxylation is 2. The van der Waals surface area contributed by atoms with Gasteiger partial charge < -0.3 is 19.5 Å². The number of imidazole rings is 1. The van der Waals surface area contributed by atoms with Gasteiger partial charge in [-0.05, 0) is 42.4 Å². The van der Waals surface area contributed by atoms with Crippen molar-refractivity contribution < 1.29 is 4.79 Å². The highest BCUT2D eigenvalue weighted by Gasteiger charge is 2.30. The normalized spacial score (nSPS) is 21.2. The Hall–Kier alpha value is -2.43. The number of hydrogen-bond donors (Lipinski definition) is 1. The van der Waals surface area contributed by atoms with Gasteiger partial charge in [0.2, 0.25) is 0 Å². The molecule has 1 N–H and O–H groups in total. The van der Waals surface area contributed by atoms with Gasteiger partial charge in [0.05, 0.1) is 17.2 Å². The second-order valence-corrected chi connectivity index (χ2v) is 8.99. The van der Waals surface area contributed by atoms with Gasteiger partial charge in [0.1, 0.15) is 5.65 Å². The molecule has 2 unspecified atom stereocenters. The lowest BCUT2D eigenvalue weighted by atomic mass is 10.1. The number of allylic oxidation sites excluding steroid dienone is 1. The van der Waals surface area contributed by atoms with Crippen molar-refractivity contribution in [1.82, 2.24) is 24.5 Å². The zero-order valence-corrected chi connectivity index (χ0v) is 19.1. The van der Waals surface area contributed by atoms with Gasteiger partial charge in [-0.15, -0.1) is 0 Å². The van der Waals surface area contributed by atoms with E-state index in [-0.39, 0.29) is 19.1 Å². The van der Waals surface area contributed by atoms with E-state index in [1.807, 2.05) is 44.1 Å². The Bertz CT molecular complexity index is 1050. The summed E-state index contributed by atoms with van der Waals surface area (Å²) in [6.07, 6.45) is 12.3. The molecule has 0 radical (unpaired) electrons. The molecule has 31 heavy (non-hydrogen) atoms. The van der Waals surface area contributed by atoms with Crippen LogP contribution in [0.3, 0.4) is 0 Å². The van der Waals surface area contributed by atoms with Gasteiger partial charge in [0.15, 0.2) is 0 Å². The van der Waals surface area contributed by atoms with Crippen LogP contribution in [0.5, 0.6) is 0 Å². The maximum atomic E-state index is 12.9. The van der Waals surface area contributed by atoms with E-state index in [1.165, 1.54) is 0 Å². The van der Waals surface area contributed by atoms with E-state index in [1.54, 1.807) is 0 Å². The van der Waals surface area contributed by atoms with Crippen molar-refractivity contribution in [2.75, 3.05) is 26.2 Å². The van der Waals surface area contributed by atoms with Crippen molar-refractivity contribution in [3.05, 3.63) is 65.4 Å². The quantitative estimate of drug-likeness (QED) is 0.716. The minimum Gasteiger partial charge on any atom is -0.368 e. The molecule has 0 saturated carbocycles. The third kappa shape index (κ3) is 4.60. The monoisotopic (exact) mass is 439 g/mol. The summed E-state index contributed by atoms with van der Waals surface area (Å²) in [7, 11) is 0.529.